The van der Waals surface area contributed by atoms with Crippen LogP contribution in [0.5, 0.6) is 0 Å². The molecule has 0 amide bonds. The lowest BCUT2D eigenvalue weighted by molar-refractivity contribution is 0.102. The number of carbonyl (C=O) groups is 1. The topological polar surface area (TPSA) is 51.2 Å². The number of hydrogen-bond donors (Lipinski definition) is 0. The second-order valence-corrected chi connectivity index (χ2v) is 7.85. The summed E-state index contributed by atoms with van der Waals surface area (Å²) >= 11 is 10.3. The summed E-state index contributed by atoms with van der Waals surface area (Å²) in [6.45, 7) is 0. The van der Waals surface area contributed by atoms with E-state index in [4.69, 9.17) is 11.6 Å². The van der Waals surface area contributed by atoms with Crippen molar-refractivity contribution >= 4 is 54.5 Å². The molecule has 0 saturated heterocycles. The molecular formula is C12H8BrClO3S2. The van der Waals surface area contributed by atoms with Gasteiger partial charge in [-0.1, -0.05) is 23.7 Å². The zero-order valence-electron chi connectivity index (χ0n) is 9.47. The maximum Gasteiger partial charge on any atom is 0.189 e. The second-order valence-electron chi connectivity index (χ2n) is 3.71. The summed E-state index contributed by atoms with van der Waals surface area (Å²) < 4.78 is 24.9. The fourth-order valence-corrected chi connectivity index (χ4v) is 4.91. The first-order chi connectivity index (χ1) is 8.92. The molecule has 0 atom stereocenters. The van der Waals surface area contributed by atoms with Crippen molar-refractivity contribution in [2.24, 2.45) is 0 Å². The molecule has 0 spiro atoms. The standard InChI is InChI=1S/C12H8BrClO3S2/c13-8-5-6-18-12(8)10(15)7-19(16,17)11-4-2-1-3-9(11)14/h1-6H,7H2. The molecule has 7 heteroatoms. The monoisotopic (exact) mass is 378 g/mol. The van der Waals surface area contributed by atoms with E-state index < -0.39 is 21.4 Å². The van der Waals surface area contributed by atoms with Gasteiger partial charge in [0.15, 0.2) is 15.6 Å². The van der Waals surface area contributed by atoms with Gasteiger partial charge in [0, 0.05) is 4.47 Å². The molecule has 0 aliphatic carbocycles. The Bertz CT molecular complexity index is 722. The highest BCUT2D eigenvalue weighted by atomic mass is 79.9. The van der Waals surface area contributed by atoms with Crippen LogP contribution in [-0.4, -0.2) is 20.0 Å². The van der Waals surface area contributed by atoms with Gasteiger partial charge in [0.05, 0.1) is 14.8 Å². The van der Waals surface area contributed by atoms with E-state index in [1.54, 1.807) is 23.6 Å². The van der Waals surface area contributed by atoms with Crippen LogP contribution in [0.3, 0.4) is 0 Å². The molecule has 19 heavy (non-hydrogen) atoms. The maximum atomic E-state index is 12.2. The van der Waals surface area contributed by atoms with E-state index in [2.05, 4.69) is 15.9 Å². The molecule has 0 N–H and O–H groups in total. The quantitative estimate of drug-likeness (QED) is 0.759. The molecule has 0 fully saturated rings. The van der Waals surface area contributed by atoms with Crippen molar-refractivity contribution < 1.29 is 13.2 Å². The van der Waals surface area contributed by atoms with Crippen molar-refractivity contribution in [1.82, 2.24) is 0 Å². The largest absolute Gasteiger partial charge is 0.292 e. The van der Waals surface area contributed by atoms with Crippen LogP contribution in [0.2, 0.25) is 5.02 Å². The fourth-order valence-electron chi connectivity index (χ4n) is 1.51. The normalized spacial score (nSPS) is 11.5. The summed E-state index contributed by atoms with van der Waals surface area (Å²) in [6, 6.07) is 7.80. The molecule has 3 nitrogen and oxygen atoms in total. The second kappa shape index (κ2) is 5.75. The number of rotatable bonds is 4. The summed E-state index contributed by atoms with van der Waals surface area (Å²) in [5, 5.41) is 1.85. The molecule has 0 aliphatic rings. The zero-order chi connectivity index (χ0) is 14.0. The third-order valence-electron chi connectivity index (χ3n) is 2.36. The summed E-state index contributed by atoms with van der Waals surface area (Å²) in [5.74, 6) is -1.03. The molecule has 1 heterocycles. The molecule has 0 aliphatic heterocycles. The van der Waals surface area contributed by atoms with Gasteiger partial charge in [-0.15, -0.1) is 11.3 Å². The lowest BCUT2D eigenvalue weighted by Crippen LogP contribution is -2.16. The van der Waals surface area contributed by atoms with Crippen LogP contribution in [0.1, 0.15) is 9.67 Å². The Morgan fingerprint density at radius 2 is 1.95 bits per heavy atom. The Morgan fingerprint density at radius 3 is 2.53 bits per heavy atom. The summed E-state index contributed by atoms with van der Waals surface area (Å²) in [4.78, 5) is 12.4. The minimum atomic E-state index is -3.73. The van der Waals surface area contributed by atoms with Crippen LogP contribution in [0, 0.1) is 0 Å². The Kier molecular flexibility index (Phi) is 4.45. The number of benzene rings is 1. The molecule has 0 saturated carbocycles. The first-order valence-electron chi connectivity index (χ1n) is 5.15. The van der Waals surface area contributed by atoms with E-state index in [0.29, 0.717) is 9.35 Å². The van der Waals surface area contributed by atoms with Gasteiger partial charge in [-0.3, -0.25) is 4.79 Å². The highest BCUT2D eigenvalue weighted by Gasteiger charge is 2.24. The summed E-state index contributed by atoms with van der Waals surface area (Å²) in [6.07, 6.45) is 0. The number of sulfone groups is 1. The van der Waals surface area contributed by atoms with Crippen molar-refractivity contribution in [3.63, 3.8) is 0 Å². The average Bonchev–Trinajstić information content (AvgIpc) is 2.75. The predicted molar refractivity (Wildman–Crippen MR) is 79.9 cm³/mol. The van der Waals surface area contributed by atoms with Crippen molar-refractivity contribution in [1.29, 1.82) is 0 Å². The van der Waals surface area contributed by atoms with Crippen molar-refractivity contribution in [3.05, 3.63) is 50.1 Å². The number of Topliss-reactive ketones (excluding diaryl/α,β-unsaturated/α-hetero) is 1. The van der Waals surface area contributed by atoms with Gasteiger partial charge in [-0.25, -0.2) is 8.42 Å². The van der Waals surface area contributed by atoms with Crippen molar-refractivity contribution in [2.45, 2.75) is 4.90 Å². The van der Waals surface area contributed by atoms with Crippen LogP contribution in [0.4, 0.5) is 0 Å². The number of thiophene rings is 1. The lowest BCUT2D eigenvalue weighted by Gasteiger charge is -2.05. The molecule has 0 radical (unpaired) electrons. The zero-order valence-corrected chi connectivity index (χ0v) is 13.4. The van der Waals surface area contributed by atoms with E-state index in [9.17, 15) is 13.2 Å². The SMILES string of the molecule is O=C(CS(=O)(=O)c1ccccc1Cl)c1sccc1Br. The predicted octanol–water partition coefficient (Wildman–Crippen LogP) is 3.82. The Balaban J connectivity index is 2.31. The first-order valence-corrected chi connectivity index (χ1v) is 8.85. The number of carbonyl (C=O) groups excluding carboxylic acids is 1. The van der Waals surface area contributed by atoms with Gasteiger partial charge >= 0.3 is 0 Å². The Labute approximate surface area is 128 Å². The third kappa shape index (κ3) is 3.25. The average molecular weight is 380 g/mol. The van der Waals surface area contributed by atoms with Crippen LogP contribution >= 0.6 is 38.9 Å². The van der Waals surface area contributed by atoms with Crippen molar-refractivity contribution in [2.75, 3.05) is 5.75 Å². The van der Waals surface area contributed by atoms with Crippen LogP contribution in [0.25, 0.3) is 0 Å². The van der Waals surface area contributed by atoms with E-state index in [1.165, 1.54) is 23.5 Å². The van der Waals surface area contributed by atoms with Crippen LogP contribution in [0.15, 0.2) is 45.1 Å². The number of halogens is 2. The molecule has 2 rings (SSSR count). The number of hydrogen-bond acceptors (Lipinski definition) is 4. The smallest absolute Gasteiger partial charge is 0.189 e. The van der Waals surface area contributed by atoms with E-state index in [0.717, 1.165) is 0 Å². The molecule has 0 bridgehead atoms. The molecule has 1 aromatic heterocycles. The van der Waals surface area contributed by atoms with E-state index in [1.807, 2.05) is 0 Å². The van der Waals surface area contributed by atoms with E-state index in [-0.39, 0.29) is 9.92 Å². The molecule has 100 valence electrons. The van der Waals surface area contributed by atoms with E-state index >= 15 is 0 Å². The third-order valence-corrected chi connectivity index (χ3v) is 6.35. The molecule has 0 unspecified atom stereocenters. The first kappa shape index (κ1) is 14.7. The lowest BCUT2D eigenvalue weighted by atomic mass is 10.3. The van der Waals surface area contributed by atoms with Crippen LogP contribution in [-0.2, 0) is 9.84 Å². The summed E-state index contributed by atoms with van der Waals surface area (Å²) in [7, 11) is -3.73. The molecule has 1 aromatic carbocycles. The Morgan fingerprint density at radius 1 is 1.26 bits per heavy atom. The van der Waals surface area contributed by atoms with Gasteiger partial charge in [0.2, 0.25) is 0 Å². The van der Waals surface area contributed by atoms with Gasteiger partial charge in [0.25, 0.3) is 0 Å². The minimum Gasteiger partial charge on any atom is -0.292 e. The molecular weight excluding hydrogens is 372 g/mol. The fraction of sp³-hybridized carbons (Fsp3) is 0.0833. The Hall–Kier alpha value is -0.690. The van der Waals surface area contributed by atoms with Gasteiger partial charge < -0.3 is 0 Å². The minimum absolute atomic E-state index is 0.0160. The maximum absolute atomic E-state index is 12.2. The molecule has 2 aromatic rings. The summed E-state index contributed by atoms with van der Waals surface area (Å²) in [5.41, 5.74) is 0. The highest BCUT2D eigenvalue weighted by Crippen LogP contribution is 2.26. The van der Waals surface area contributed by atoms with Gasteiger partial charge in [-0.2, -0.15) is 0 Å². The van der Waals surface area contributed by atoms with Crippen LogP contribution < -0.4 is 0 Å². The highest BCUT2D eigenvalue weighted by molar-refractivity contribution is 9.10. The van der Waals surface area contributed by atoms with Gasteiger partial charge in [0.1, 0.15) is 5.75 Å². The number of ketones is 1. The van der Waals surface area contributed by atoms with Crippen molar-refractivity contribution in [3.8, 4) is 0 Å². The van der Waals surface area contributed by atoms with Gasteiger partial charge in [-0.05, 0) is 39.5 Å².